The molecule has 0 spiro atoms. The highest BCUT2D eigenvalue weighted by atomic mass is 35.5. The zero-order chi connectivity index (χ0) is 13.0. The lowest BCUT2D eigenvalue weighted by Crippen LogP contribution is -2.07. The first-order valence-electron chi connectivity index (χ1n) is 4.40. The molecule has 0 fully saturated rings. The molecule has 92 valence electrons. The number of benzene rings is 1. The molecule has 0 saturated carbocycles. The van der Waals surface area contributed by atoms with Crippen molar-refractivity contribution >= 4 is 58.1 Å². The minimum absolute atomic E-state index is 0.194. The van der Waals surface area contributed by atoms with Gasteiger partial charge in [-0.3, -0.25) is 0 Å². The Morgan fingerprint density at radius 1 is 1.24 bits per heavy atom. The molecule has 0 saturated heterocycles. The van der Waals surface area contributed by atoms with Gasteiger partial charge in [0.1, 0.15) is 4.84 Å². The van der Waals surface area contributed by atoms with E-state index in [0.717, 1.165) is 0 Å². The first-order chi connectivity index (χ1) is 7.90. The van der Waals surface area contributed by atoms with Gasteiger partial charge in [0.2, 0.25) is 0 Å². The predicted molar refractivity (Wildman–Crippen MR) is 70.5 cm³/mol. The molecular weight excluding hydrogens is 308 g/mol. The molecule has 0 amide bonds. The number of oxime groups is 1. The third-order valence-electron chi connectivity index (χ3n) is 1.69. The van der Waals surface area contributed by atoms with Gasteiger partial charge >= 0.3 is 5.97 Å². The fraction of sp³-hybridized carbons (Fsp3) is 0.200. The van der Waals surface area contributed by atoms with Crippen LogP contribution in [0.4, 0.5) is 0 Å². The number of halogens is 4. The normalized spacial score (nSPS) is 11.8. The Kier molecular flexibility index (Phi) is 5.53. The lowest BCUT2D eigenvalue weighted by Gasteiger charge is -2.02. The maximum absolute atomic E-state index is 11.5. The minimum Gasteiger partial charge on any atom is -0.313 e. The number of carbonyl (C=O) groups excluding carboxylic acids is 1. The van der Waals surface area contributed by atoms with Crippen LogP contribution in [-0.4, -0.2) is 16.5 Å². The van der Waals surface area contributed by atoms with E-state index >= 15 is 0 Å². The number of carbonyl (C=O) groups is 1. The summed E-state index contributed by atoms with van der Waals surface area (Å²) in [6.07, 6.45) is 0. The van der Waals surface area contributed by atoms with Gasteiger partial charge in [0.25, 0.3) is 0 Å². The Hall–Kier alpha value is -0.480. The molecule has 1 aromatic rings. The SMILES string of the molecule is C/C(=N\OC(=O)c1cc(Cl)cc(Cl)c1)C(Cl)Cl. The van der Waals surface area contributed by atoms with Crippen LogP contribution in [-0.2, 0) is 4.84 Å². The second-order valence-electron chi connectivity index (χ2n) is 3.07. The van der Waals surface area contributed by atoms with Crippen LogP contribution in [0.2, 0.25) is 10.0 Å². The molecule has 0 aliphatic carbocycles. The van der Waals surface area contributed by atoms with Crippen LogP contribution in [0.5, 0.6) is 0 Å². The van der Waals surface area contributed by atoms with Gasteiger partial charge in [0.05, 0.1) is 11.3 Å². The Balaban J connectivity index is 2.80. The van der Waals surface area contributed by atoms with Crippen molar-refractivity contribution in [3.63, 3.8) is 0 Å². The van der Waals surface area contributed by atoms with Gasteiger partial charge < -0.3 is 4.84 Å². The largest absolute Gasteiger partial charge is 0.365 e. The van der Waals surface area contributed by atoms with Gasteiger partial charge in [-0.2, -0.15) is 0 Å². The summed E-state index contributed by atoms with van der Waals surface area (Å²) in [6.45, 7) is 1.53. The van der Waals surface area contributed by atoms with Crippen molar-refractivity contribution in [2.45, 2.75) is 11.8 Å². The van der Waals surface area contributed by atoms with Gasteiger partial charge in [-0.05, 0) is 25.1 Å². The molecule has 7 heteroatoms. The number of hydrogen-bond donors (Lipinski definition) is 0. The molecule has 1 rings (SSSR count). The summed E-state index contributed by atoms with van der Waals surface area (Å²) in [5.41, 5.74) is 0.467. The van der Waals surface area contributed by atoms with Gasteiger partial charge in [0, 0.05) is 10.0 Å². The first kappa shape index (κ1) is 14.6. The standard InChI is InChI=1S/C10H7Cl4NO2/c1-5(9(13)14)15-17-10(16)6-2-7(11)4-8(12)3-6/h2-4,9H,1H3/b15-5+. The monoisotopic (exact) mass is 313 g/mol. The highest BCUT2D eigenvalue weighted by molar-refractivity contribution is 6.54. The van der Waals surface area contributed by atoms with Gasteiger partial charge in [0.15, 0.2) is 0 Å². The van der Waals surface area contributed by atoms with Crippen molar-refractivity contribution in [1.82, 2.24) is 0 Å². The van der Waals surface area contributed by atoms with Gasteiger partial charge in [-0.1, -0.05) is 51.6 Å². The number of alkyl halides is 2. The molecule has 0 aromatic heterocycles. The summed E-state index contributed by atoms with van der Waals surface area (Å²) in [5, 5.41) is 4.14. The molecule has 0 atom stereocenters. The van der Waals surface area contributed by atoms with E-state index < -0.39 is 10.8 Å². The van der Waals surface area contributed by atoms with Crippen molar-refractivity contribution in [2.24, 2.45) is 5.16 Å². The lowest BCUT2D eigenvalue weighted by atomic mass is 10.2. The number of nitrogens with zero attached hydrogens (tertiary/aromatic N) is 1. The Labute approximate surface area is 118 Å². The highest BCUT2D eigenvalue weighted by Gasteiger charge is 2.11. The van der Waals surface area contributed by atoms with E-state index in [2.05, 4.69) is 9.99 Å². The third-order valence-corrected chi connectivity index (χ3v) is 2.75. The molecule has 0 unspecified atom stereocenters. The summed E-state index contributed by atoms with van der Waals surface area (Å²) in [7, 11) is 0. The van der Waals surface area contributed by atoms with Crippen LogP contribution in [0.25, 0.3) is 0 Å². The van der Waals surface area contributed by atoms with Crippen LogP contribution in [0.15, 0.2) is 23.4 Å². The van der Waals surface area contributed by atoms with E-state index in [1.165, 1.54) is 25.1 Å². The van der Waals surface area contributed by atoms with E-state index in [9.17, 15) is 4.79 Å². The Morgan fingerprint density at radius 3 is 2.24 bits per heavy atom. The summed E-state index contributed by atoms with van der Waals surface area (Å²) in [6, 6.07) is 4.33. The molecule has 0 bridgehead atoms. The fourth-order valence-electron chi connectivity index (χ4n) is 0.878. The maximum atomic E-state index is 11.5. The number of hydrogen-bond acceptors (Lipinski definition) is 3. The average molecular weight is 315 g/mol. The molecule has 1 aromatic carbocycles. The molecule has 0 aliphatic rings. The second kappa shape index (κ2) is 6.45. The van der Waals surface area contributed by atoms with Crippen LogP contribution < -0.4 is 0 Å². The van der Waals surface area contributed by atoms with E-state index in [0.29, 0.717) is 10.0 Å². The molecule has 3 nitrogen and oxygen atoms in total. The van der Waals surface area contributed by atoms with E-state index in [-0.39, 0.29) is 11.3 Å². The molecule has 0 aliphatic heterocycles. The van der Waals surface area contributed by atoms with Crippen LogP contribution in [0.1, 0.15) is 17.3 Å². The molecule has 0 heterocycles. The molecule has 0 radical (unpaired) electrons. The fourth-order valence-corrected chi connectivity index (χ4v) is 1.48. The first-order valence-corrected chi connectivity index (χ1v) is 6.03. The topological polar surface area (TPSA) is 38.7 Å². The van der Waals surface area contributed by atoms with Crippen molar-refractivity contribution in [1.29, 1.82) is 0 Å². The van der Waals surface area contributed by atoms with Crippen LogP contribution in [0, 0.1) is 0 Å². The molecule has 0 N–H and O–H groups in total. The van der Waals surface area contributed by atoms with Crippen LogP contribution >= 0.6 is 46.4 Å². The van der Waals surface area contributed by atoms with Crippen LogP contribution in [0.3, 0.4) is 0 Å². The minimum atomic E-state index is -0.828. The van der Waals surface area contributed by atoms with Crippen molar-refractivity contribution < 1.29 is 9.63 Å². The van der Waals surface area contributed by atoms with E-state index in [1.54, 1.807) is 0 Å². The lowest BCUT2D eigenvalue weighted by molar-refractivity contribution is 0.0515. The van der Waals surface area contributed by atoms with Gasteiger partial charge in [-0.15, -0.1) is 0 Å². The Bertz CT molecular complexity index is 439. The van der Waals surface area contributed by atoms with Gasteiger partial charge in [-0.25, -0.2) is 4.79 Å². The van der Waals surface area contributed by atoms with E-state index in [4.69, 9.17) is 46.4 Å². The molecule has 17 heavy (non-hydrogen) atoms. The smallest absolute Gasteiger partial charge is 0.313 e. The summed E-state index contributed by atoms with van der Waals surface area (Å²) < 4.78 is 0. The van der Waals surface area contributed by atoms with Crippen molar-refractivity contribution in [3.8, 4) is 0 Å². The second-order valence-corrected chi connectivity index (χ2v) is 5.04. The summed E-state index contributed by atoms with van der Waals surface area (Å²) >= 11 is 22.5. The maximum Gasteiger partial charge on any atom is 0.365 e. The third kappa shape index (κ3) is 4.72. The van der Waals surface area contributed by atoms with E-state index in [1.807, 2.05) is 0 Å². The predicted octanol–water partition coefficient (Wildman–Crippen LogP) is 4.33. The highest BCUT2D eigenvalue weighted by Crippen LogP contribution is 2.19. The quantitative estimate of drug-likeness (QED) is 0.360. The zero-order valence-corrected chi connectivity index (χ0v) is 11.6. The zero-order valence-electron chi connectivity index (χ0n) is 8.58. The average Bonchev–Trinajstić information content (AvgIpc) is 2.23. The van der Waals surface area contributed by atoms with Crippen molar-refractivity contribution in [2.75, 3.05) is 0 Å². The Morgan fingerprint density at radius 2 is 1.76 bits per heavy atom. The number of rotatable bonds is 3. The molecular formula is C10H7Cl4NO2. The summed E-state index contributed by atoms with van der Waals surface area (Å²) in [5.74, 6) is -0.692. The summed E-state index contributed by atoms with van der Waals surface area (Å²) in [4.78, 5) is 15.3. The van der Waals surface area contributed by atoms with Crippen molar-refractivity contribution in [3.05, 3.63) is 33.8 Å².